The molecule has 3 aliphatic heterocycles. The summed E-state index contributed by atoms with van der Waals surface area (Å²) in [7, 11) is 0. The number of hydrogen-bond donors (Lipinski definition) is 0. The standard InChI is InChI=1S/C16H17N5O6.C16H22N4O4/c22-13-1-2-14(23)21(13)27-16(24)20-5-3-19(4-6-20)15(11-7-25-9-17-11)12-8-26-10-18-12;1-16(2,3)24-15(21)20-6-4-19(5-7-20)14(12-8-22-10-17-12)13-9-23-11-18-13/h7-10,15H,1-6H2;8-11,14H,4-7H2,1-3H3. The lowest BCUT2D eigenvalue weighted by molar-refractivity contribution is -0.174. The lowest BCUT2D eigenvalue weighted by Crippen LogP contribution is -2.51. The van der Waals surface area contributed by atoms with E-state index >= 15 is 0 Å². The van der Waals surface area contributed by atoms with Crippen LogP contribution in [-0.2, 0) is 19.2 Å². The van der Waals surface area contributed by atoms with Crippen LogP contribution >= 0.6 is 0 Å². The van der Waals surface area contributed by atoms with Gasteiger partial charge in [0.05, 0.1) is 0 Å². The topological polar surface area (TPSA) is 207 Å². The third-order valence-electron chi connectivity index (χ3n) is 8.37. The summed E-state index contributed by atoms with van der Waals surface area (Å²) < 4.78 is 25.8. The SMILES string of the molecule is CC(C)(C)OC(=O)N1CCN(C(c2cocn2)c2cocn2)CC1.O=C(ON1C(=O)CCC1=O)N1CCN(C(c2cocn2)c2cocn2)CC1. The first kappa shape index (κ1) is 35.3. The molecule has 0 radical (unpaired) electrons. The Balaban J connectivity index is 0.000000177. The molecule has 0 unspecified atom stereocenters. The number of hydrogen-bond acceptors (Lipinski definition) is 16. The van der Waals surface area contributed by atoms with E-state index < -0.39 is 23.5 Å². The minimum Gasteiger partial charge on any atom is -0.451 e. The van der Waals surface area contributed by atoms with Crippen molar-refractivity contribution in [2.75, 3.05) is 52.4 Å². The van der Waals surface area contributed by atoms with Crippen molar-refractivity contribution < 1.29 is 46.4 Å². The summed E-state index contributed by atoms with van der Waals surface area (Å²) >= 11 is 0. The van der Waals surface area contributed by atoms with Crippen molar-refractivity contribution in [2.45, 2.75) is 51.3 Å². The summed E-state index contributed by atoms with van der Waals surface area (Å²) in [5.41, 5.74) is 2.43. The van der Waals surface area contributed by atoms with Crippen LogP contribution in [0.1, 0.15) is 68.5 Å². The smallest absolute Gasteiger partial charge is 0.434 e. The molecule has 0 N–H and O–H groups in total. The maximum atomic E-state index is 12.3. The van der Waals surface area contributed by atoms with Gasteiger partial charge in [0.2, 0.25) is 0 Å². The zero-order valence-electron chi connectivity index (χ0n) is 28.5. The molecule has 272 valence electrons. The molecular weight excluding hydrogens is 670 g/mol. The molecule has 7 rings (SSSR count). The normalized spacial score (nSPS) is 17.6. The predicted octanol–water partition coefficient (Wildman–Crippen LogP) is 2.87. The van der Waals surface area contributed by atoms with Crippen LogP contribution in [0.4, 0.5) is 9.59 Å². The second kappa shape index (κ2) is 15.5. The molecule has 7 heterocycles. The Hall–Kier alpha value is -5.56. The average Bonchev–Trinajstić information content (AvgIpc) is 3.97. The number of imide groups is 1. The molecule has 19 heteroatoms. The molecule has 0 spiro atoms. The summed E-state index contributed by atoms with van der Waals surface area (Å²) in [5, 5.41) is 0.558. The molecule has 0 bridgehead atoms. The Labute approximate surface area is 292 Å². The van der Waals surface area contributed by atoms with Gasteiger partial charge in [-0.05, 0) is 20.8 Å². The van der Waals surface area contributed by atoms with E-state index in [2.05, 4.69) is 29.7 Å². The molecule has 51 heavy (non-hydrogen) atoms. The van der Waals surface area contributed by atoms with Crippen molar-refractivity contribution in [2.24, 2.45) is 0 Å². The van der Waals surface area contributed by atoms with Gasteiger partial charge in [0.1, 0.15) is 65.5 Å². The lowest BCUT2D eigenvalue weighted by Gasteiger charge is -2.38. The van der Waals surface area contributed by atoms with Crippen LogP contribution in [0.15, 0.2) is 68.3 Å². The molecule has 0 aromatic carbocycles. The maximum absolute atomic E-state index is 12.3. The number of carbonyl (C=O) groups is 4. The largest absolute Gasteiger partial charge is 0.451 e. The summed E-state index contributed by atoms with van der Waals surface area (Å²) in [6, 6.07) is -0.411. The van der Waals surface area contributed by atoms with E-state index in [0.29, 0.717) is 68.8 Å². The molecule has 0 saturated carbocycles. The Bertz CT molecular complexity index is 1620. The number of piperazine rings is 2. The van der Waals surface area contributed by atoms with Gasteiger partial charge in [0.15, 0.2) is 25.6 Å². The molecule has 4 aromatic rings. The number of ether oxygens (including phenoxy) is 1. The van der Waals surface area contributed by atoms with Gasteiger partial charge >= 0.3 is 12.2 Å². The van der Waals surface area contributed by atoms with E-state index in [1.165, 1.54) is 30.5 Å². The first-order chi connectivity index (χ1) is 24.6. The molecule has 4 aromatic heterocycles. The number of amides is 4. The van der Waals surface area contributed by atoms with Crippen LogP contribution in [-0.4, -0.2) is 127 Å². The highest BCUT2D eigenvalue weighted by molar-refractivity contribution is 6.01. The van der Waals surface area contributed by atoms with Crippen LogP contribution in [0.2, 0.25) is 0 Å². The van der Waals surface area contributed by atoms with Crippen LogP contribution in [0.25, 0.3) is 0 Å². The quantitative estimate of drug-likeness (QED) is 0.253. The van der Waals surface area contributed by atoms with Gasteiger partial charge in [-0.2, -0.15) is 0 Å². The van der Waals surface area contributed by atoms with E-state index in [1.54, 1.807) is 30.0 Å². The van der Waals surface area contributed by atoms with Gasteiger partial charge < -0.3 is 37.0 Å². The second-order valence-electron chi connectivity index (χ2n) is 12.9. The van der Waals surface area contributed by atoms with Gasteiger partial charge in [-0.3, -0.25) is 19.4 Å². The van der Waals surface area contributed by atoms with Gasteiger partial charge in [0, 0.05) is 65.2 Å². The number of aromatic nitrogens is 4. The zero-order valence-corrected chi connectivity index (χ0v) is 28.5. The number of nitrogens with zero attached hydrogens (tertiary/aromatic N) is 9. The van der Waals surface area contributed by atoms with Gasteiger partial charge in [-0.1, -0.05) is 0 Å². The summed E-state index contributed by atoms with van der Waals surface area (Å²) in [4.78, 5) is 77.0. The predicted molar refractivity (Wildman–Crippen MR) is 170 cm³/mol. The van der Waals surface area contributed by atoms with E-state index in [9.17, 15) is 19.2 Å². The van der Waals surface area contributed by atoms with E-state index in [4.69, 9.17) is 27.2 Å². The fourth-order valence-corrected chi connectivity index (χ4v) is 5.92. The minimum absolute atomic E-state index is 0.0664. The summed E-state index contributed by atoms with van der Waals surface area (Å²) in [6.45, 7) is 9.89. The molecule has 0 aliphatic carbocycles. The third-order valence-corrected chi connectivity index (χ3v) is 8.37. The first-order valence-electron chi connectivity index (χ1n) is 16.4. The maximum Gasteiger partial charge on any atom is 0.434 e. The average molecular weight is 710 g/mol. The molecular formula is C32H39N9O10. The number of oxazole rings is 4. The Morgan fingerprint density at radius 1 is 0.608 bits per heavy atom. The lowest BCUT2D eigenvalue weighted by atomic mass is 10.1. The van der Waals surface area contributed by atoms with E-state index in [-0.39, 0.29) is 31.0 Å². The summed E-state index contributed by atoms with van der Waals surface area (Å²) in [6.07, 6.45) is 11.0. The van der Waals surface area contributed by atoms with Crippen LogP contribution in [0.5, 0.6) is 0 Å². The van der Waals surface area contributed by atoms with Crippen molar-refractivity contribution in [1.82, 2.24) is 44.6 Å². The third kappa shape index (κ3) is 8.61. The van der Waals surface area contributed by atoms with E-state index in [0.717, 1.165) is 11.4 Å². The molecule has 3 aliphatic rings. The fourth-order valence-electron chi connectivity index (χ4n) is 5.92. The van der Waals surface area contributed by atoms with Crippen LogP contribution in [0.3, 0.4) is 0 Å². The van der Waals surface area contributed by atoms with Gasteiger partial charge in [-0.25, -0.2) is 29.5 Å². The van der Waals surface area contributed by atoms with Crippen molar-refractivity contribution in [3.63, 3.8) is 0 Å². The molecule has 0 atom stereocenters. The Morgan fingerprint density at radius 3 is 1.27 bits per heavy atom. The number of hydroxylamine groups is 2. The first-order valence-corrected chi connectivity index (χ1v) is 16.4. The number of rotatable bonds is 7. The van der Waals surface area contributed by atoms with Crippen molar-refractivity contribution in [1.29, 1.82) is 0 Å². The zero-order chi connectivity index (χ0) is 36.0. The van der Waals surface area contributed by atoms with Gasteiger partial charge in [0.25, 0.3) is 11.8 Å². The fraction of sp³-hybridized carbons (Fsp3) is 0.500. The summed E-state index contributed by atoms with van der Waals surface area (Å²) in [5.74, 6) is -0.992. The van der Waals surface area contributed by atoms with Crippen LogP contribution < -0.4 is 0 Å². The molecule has 19 nitrogen and oxygen atoms in total. The molecule has 3 saturated heterocycles. The highest BCUT2D eigenvalue weighted by Crippen LogP contribution is 2.29. The highest BCUT2D eigenvalue weighted by atomic mass is 16.7. The monoisotopic (exact) mass is 709 g/mol. The van der Waals surface area contributed by atoms with Crippen molar-refractivity contribution in [3.8, 4) is 0 Å². The van der Waals surface area contributed by atoms with Gasteiger partial charge in [-0.15, -0.1) is 5.06 Å². The molecule has 3 fully saturated rings. The minimum atomic E-state index is -0.710. The second-order valence-corrected chi connectivity index (χ2v) is 12.9. The van der Waals surface area contributed by atoms with Crippen LogP contribution in [0, 0.1) is 0 Å². The van der Waals surface area contributed by atoms with E-state index in [1.807, 2.05) is 20.8 Å². The Morgan fingerprint density at radius 2 is 0.961 bits per heavy atom. The van der Waals surface area contributed by atoms with Crippen molar-refractivity contribution >= 4 is 24.0 Å². The number of carbonyl (C=O) groups excluding carboxylic acids is 4. The molecule has 4 amide bonds. The van der Waals surface area contributed by atoms with Crippen molar-refractivity contribution in [3.05, 3.63) is 73.4 Å². The highest BCUT2D eigenvalue weighted by Gasteiger charge is 2.37. The Kier molecular flexibility index (Phi) is 10.8.